The van der Waals surface area contributed by atoms with Gasteiger partial charge in [0.05, 0.1) is 5.56 Å². The molecule has 0 aliphatic carbocycles. The number of hydrogen-bond donors (Lipinski definition) is 1. The standard InChI is InChI=1S/C15H21ClN2O3/c1-9(2)11(14(20)21-15(3,4)5)18-13(19)10-7-6-8-17-12(10)16/h6-9,11H,1-5H3,(H,18,19)/t11-/m0/s1. The second-order valence-electron chi connectivity index (χ2n) is 6.07. The maximum atomic E-state index is 12.2. The SMILES string of the molecule is CC(C)[C@H](NC(=O)c1cccnc1Cl)C(=O)OC(C)(C)C. The molecule has 1 heterocycles. The number of ether oxygens (including phenoxy) is 1. The number of esters is 1. The minimum absolute atomic E-state index is 0.0988. The highest BCUT2D eigenvalue weighted by Gasteiger charge is 2.29. The zero-order valence-corrected chi connectivity index (χ0v) is 13.7. The van der Waals surface area contributed by atoms with E-state index in [0.717, 1.165) is 0 Å². The van der Waals surface area contributed by atoms with Crippen LogP contribution < -0.4 is 5.32 Å². The van der Waals surface area contributed by atoms with E-state index in [1.807, 2.05) is 13.8 Å². The maximum Gasteiger partial charge on any atom is 0.329 e. The van der Waals surface area contributed by atoms with E-state index in [1.165, 1.54) is 6.20 Å². The summed E-state index contributed by atoms with van der Waals surface area (Å²) >= 11 is 5.88. The summed E-state index contributed by atoms with van der Waals surface area (Å²) in [4.78, 5) is 28.2. The smallest absolute Gasteiger partial charge is 0.329 e. The van der Waals surface area contributed by atoms with Gasteiger partial charge in [0.15, 0.2) is 0 Å². The third-order valence-corrected chi connectivity index (χ3v) is 2.92. The van der Waals surface area contributed by atoms with Crippen LogP contribution in [-0.2, 0) is 9.53 Å². The Morgan fingerprint density at radius 1 is 1.33 bits per heavy atom. The molecule has 1 atom stereocenters. The van der Waals surface area contributed by atoms with E-state index in [-0.39, 0.29) is 16.6 Å². The summed E-state index contributed by atoms with van der Waals surface area (Å²) in [5.41, 5.74) is -0.380. The molecule has 0 spiro atoms. The number of pyridine rings is 1. The number of hydrogen-bond acceptors (Lipinski definition) is 4. The van der Waals surface area contributed by atoms with Crippen molar-refractivity contribution in [3.05, 3.63) is 29.0 Å². The van der Waals surface area contributed by atoms with Gasteiger partial charge in [0.1, 0.15) is 16.8 Å². The van der Waals surface area contributed by atoms with Gasteiger partial charge in [-0.25, -0.2) is 9.78 Å². The highest BCUT2D eigenvalue weighted by atomic mass is 35.5. The molecule has 0 aromatic carbocycles. The van der Waals surface area contributed by atoms with Crippen LogP contribution in [0.4, 0.5) is 0 Å². The van der Waals surface area contributed by atoms with E-state index in [9.17, 15) is 9.59 Å². The molecule has 1 amide bonds. The van der Waals surface area contributed by atoms with Gasteiger partial charge >= 0.3 is 5.97 Å². The first kappa shape index (κ1) is 17.4. The van der Waals surface area contributed by atoms with Crippen molar-refractivity contribution in [1.82, 2.24) is 10.3 Å². The topological polar surface area (TPSA) is 68.3 Å². The van der Waals surface area contributed by atoms with Gasteiger partial charge in [-0.2, -0.15) is 0 Å². The minimum atomic E-state index is -0.743. The van der Waals surface area contributed by atoms with Gasteiger partial charge in [0.25, 0.3) is 5.91 Å². The van der Waals surface area contributed by atoms with Crippen molar-refractivity contribution in [1.29, 1.82) is 0 Å². The molecule has 1 aromatic rings. The van der Waals surface area contributed by atoms with Crippen LogP contribution in [0, 0.1) is 5.92 Å². The number of nitrogens with one attached hydrogen (secondary N) is 1. The highest BCUT2D eigenvalue weighted by molar-refractivity contribution is 6.32. The summed E-state index contributed by atoms with van der Waals surface area (Å²) in [5, 5.41) is 2.76. The number of amides is 1. The van der Waals surface area contributed by atoms with Gasteiger partial charge in [0, 0.05) is 6.20 Å². The molecule has 1 rings (SSSR count). The molecule has 5 nitrogen and oxygen atoms in total. The van der Waals surface area contributed by atoms with Crippen molar-refractivity contribution >= 4 is 23.5 Å². The molecule has 116 valence electrons. The van der Waals surface area contributed by atoms with Crippen LogP contribution >= 0.6 is 11.6 Å². The number of carbonyl (C=O) groups is 2. The number of carbonyl (C=O) groups excluding carboxylic acids is 2. The monoisotopic (exact) mass is 312 g/mol. The summed E-state index contributed by atoms with van der Waals surface area (Å²) in [6.07, 6.45) is 1.49. The van der Waals surface area contributed by atoms with Crippen molar-refractivity contribution in [2.45, 2.75) is 46.3 Å². The van der Waals surface area contributed by atoms with E-state index in [2.05, 4.69) is 10.3 Å². The Balaban J connectivity index is 2.87. The molecule has 0 unspecified atom stereocenters. The van der Waals surface area contributed by atoms with Crippen LogP contribution in [0.3, 0.4) is 0 Å². The first-order valence-electron chi connectivity index (χ1n) is 6.76. The van der Waals surface area contributed by atoms with E-state index in [0.29, 0.717) is 0 Å². The Morgan fingerprint density at radius 3 is 2.43 bits per heavy atom. The van der Waals surface area contributed by atoms with Crippen LogP contribution in [0.2, 0.25) is 5.15 Å². The number of rotatable bonds is 4. The maximum absolute atomic E-state index is 12.2. The molecule has 0 aliphatic heterocycles. The highest BCUT2D eigenvalue weighted by Crippen LogP contribution is 2.15. The van der Waals surface area contributed by atoms with E-state index < -0.39 is 23.5 Å². The molecule has 0 fully saturated rings. The van der Waals surface area contributed by atoms with Crippen molar-refractivity contribution in [3.63, 3.8) is 0 Å². The molecular formula is C15H21ClN2O3. The summed E-state index contributed by atoms with van der Waals surface area (Å²) in [7, 11) is 0. The first-order valence-corrected chi connectivity index (χ1v) is 7.14. The van der Waals surface area contributed by atoms with Gasteiger partial charge in [0.2, 0.25) is 0 Å². The average Bonchev–Trinajstić information content (AvgIpc) is 2.33. The Bertz CT molecular complexity index is 524. The number of aromatic nitrogens is 1. The molecule has 6 heteroatoms. The molecule has 0 saturated carbocycles. The fourth-order valence-corrected chi connectivity index (χ4v) is 1.84. The van der Waals surface area contributed by atoms with E-state index in [1.54, 1.807) is 32.9 Å². The van der Waals surface area contributed by atoms with Gasteiger partial charge < -0.3 is 10.1 Å². The summed E-state index contributed by atoms with van der Waals surface area (Å²) in [6.45, 7) is 9.01. The van der Waals surface area contributed by atoms with Crippen LogP contribution in [-0.4, -0.2) is 28.5 Å². The molecular weight excluding hydrogens is 292 g/mol. The molecule has 21 heavy (non-hydrogen) atoms. The van der Waals surface area contributed by atoms with E-state index in [4.69, 9.17) is 16.3 Å². The molecule has 0 bridgehead atoms. The second kappa shape index (κ2) is 6.89. The van der Waals surface area contributed by atoms with Crippen molar-refractivity contribution in [2.75, 3.05) is 0 Å². The van der Waals surface area contributed by atoms with Crippen LogP contribution in [0.15, 0.2) is 18.3 Å². The van der Waals surface area contributed by atoms with Gasteiger partial charge in [-0.1, -0.05) is 25.4 Å². The van der Waals surface area contributed by atoms with Crippen LogP contribution in [0.1, 0.15) is 45.0 Å². The predicted molar refractivity (Wildman–Crippen MR) is 81.2 cm³/mol. The zero-order valence-electron chi connectivity index (χ0n) is 12.9. The second-order valence-corrected chi connectivity index (χ2v) is 6.43. The van der Waals surface area contributed by atoms with Gasteiger partial charge in [-0.05, 0) is 38.8 Å². The average molecular weight is 313 g/mol. The van der Waals surface area contributed by atoms with Crippen LogP contribution in [0.25, 0.3) is 0 Å². The number of halogens is 1. The Labute approximate surface area is 130 Å². The minimum Gasteiger partial charge on any atom is -0.458 e. The van der Waals surface area contributed by atoms with Gasteiger partial charge in [-0.3, -0.25) is 4.79 Å². The quantitative estimate of drug-likeness (QED) is 0.685. The Hall–Kier alpha value is -1.62. The normalized spacial score (nSPS) is 12.9. The lowest BCUT2D eigenvalue weighted by Gasteiger charge is -2.26. The summed E-state index contributed by atoms with van der Waals surface area (Å²) in [6, 6.07) is 2.42. The largest absolute Gasteiger partial charge is 0.458 e. The molecule has 0 saturated heterocycles. The van der Waals surface area contributed by atoms with Crippen molar-refractivity contribution in [2.24, 2.45) is 5.92 Å². The fourth-order valence-electron chi connectivity index (χ4n) is 1.64. The lowest BCUT2D eigenvalue weighted by atomic mass is 10.0. The Morgan fingerprint density at radius 2 is 1.95 bits per heavy atom. The van der Waals surface area contributed by atoms with Crippen molar-refractivity contribution < 1.29 is 14.3 Å². The molecule has 1 N–H and O–H groups in total. The van der Waals surface area contributed by atoms with E-state index >= 15 is 0 Å². The third kappa shape index (κ3) is 5.34. The molecule has 0 aliphatic rings. The Kier molecular flexibility index (Phi) is 5.72. The van der Waals surface area contributed by atoms with Crippen LogP contribution in [0.5, 0.6) is 0 Å². The fraction of sp³-hybridized carbons (Fsp3) is 0.533. The predicted octanol–water partition coefficient (Wildman–Crippen LogP) is 2.83. The van der Waals surface area contributed by atoms with Crippen molar-refractivity contribution in [3.8, 4) is 0 Å². The molecule has 1 aromatic heterocycles. The van der Waals surface area contributed by atoms with Gasteiger partial charge in [-0.15, -0.1) is 0 Å². The lowest BCUT2D eigenvalue weighted by Crippen LogP contribution is -2.47. The number of nitrogens with zero attached hydrogens (tertiary/aromatic N) is 1. The summed E-state index contributed by atoms with van der Waals surface area (Å²) in [5.74, 6) is -1.03. The molecule has 0 radical (unpaired) electrons. The summed E-state index contributed by atoms with van der Waals surface area (Å²) < 4.78 is 5.33. The zero-order chi connectivity index (χ0) is 16.2. The third-order valence-electron chi connectivity index (χ3n) is 2.62. The lowest BCUT2D eigenvalue weighted by molar-refractivity contribution is -0.158. The first-order chi connectivity index (χ1) is 9.61.